The average molecular weight is 304 g/mol. The lowest BCUT2D eigenvalue weighted by molar-refractivity contribution is -0.126. The standard InChI is InChI=1S/C17H24N2O3/c1-2-10-18-16(20)15-9-6-11-19(12-15)17(21)22-13-14-7-4-3-5-8-14/h3-5,7-8,15H,2,6,9-13H2,1H3,(H,18,20). The van der Waals surface area contributed by atoms with Crippen LogP contribution in [-0.4, -0.2) is 36.5 Å². The number of piperidine rings is 1. The average Bonchev–Trinajstić information content (AvgIpc) is 2.58. The van der Waals surface area contributed by atoms with Crippen LogP contribution in [0.5, 0.6) is 0 Å². The third kappa shape index (κ3) is 4.76. The van der Waals surface area contributed by atoms with Crippen LogP contribution in [0.2, 0.25) is 0 Å². The molecule has 1 aliphatic heterocycles. The van der Waals surface area contributed by atoms with Gasteiger partial charge in [0.15, 0.2) is 0 Å². The number of amides is 2. The SMILES string of the molecule is CCCNC(=O)C1CCCN(C(=O)OCc2ccccc2)C1. The number of hydrogen-bond donors (Lipinski definition) is 1. The molecule has 1 aliphatic rings. The molecule has 0 aromatic heterocycles. The topological polar surface area (TPSA) is 58.6 Å². The second-order valence-electron chi connectivity index (χ2n) is 5.62. The van der Waals surface area contributed by atoms with Gasteiger partial charge >= 0.3 is 6.09 Å². The quantitative estimate of drug-likeness (QED) is 0.909. The summed E-state index contributed by atoms with van der Waals surface area (Å²) in [5.41, 5.74) is 0.963. The number of hydrogen-bond acceptors (Lipinski definition) is 3. The molecule has 1 saturated heterocycles. The van der Waals surface area contributed by atoms with E-state index in [1.807, 2.05) is 37.3 Å². The Morgan fingerprint density at radius 3 is 2.82 bits per heavy atom. The van der Waals surface area contributed by atoms with Gasteiger partial charge in [-0.1, -0.05) is 37.3 Å². The highest BCUT2D eigenvalue weighted by molar-refractivity contribution is 5.79. The number of likely N-dealkylation sites (tertiary alicyclic amines) is 1. The molecular formula is C17H24N2O3. The van der Waals surface area contributed by atoms with E-state index in [0.29, 0.717) is 19.6 Å². The lowest BCUT2D eigenvalue weighted by Gasteiger charge is -2.31. The molecule has 0 radical (unpaired) electrons. The molecule has 2 rings (SSSR count). The molecule has 120 valence electrons. The van der Waals surface area contributed by atoms with Crippen LogP contribution in [0.1, 0.15) is 31.7 Å². The lowest BCUT2D eigenvalue weighted by Crippen LogP contribution is -2.45. The zero-order valence-corrected chi connectivity index (χ0v) is 13.1. The van der Waals surface area contributed by atoms with Crippen LogP contribution in [0.3, 0.4) is 0 Å². The van der Waals surface area contributed by atoms with E-state index < -0.39 is 0 Å². The maximum Gasteiger partial charge on any atom is 0.410 e. The molecule has 5 nitrogen and oxygen atoms in total. The van der Waals surface area contributed by atoms with Gasteiger partial charge in [0.05, 0.1) is 5.92 Å². The van der Waals surface area contributed by atoms with Crippen molar-refractivity contribution in [3.63, 3.8) is 0 Å². The van der Waals surface area contributed by atoms with Gasteiger partial charge in [0.25, 0.3) is 0 Å². The molecule has 0 aliphatic carbocycles. The highest BCUT2D eigenvalue weighted by atomic mass is 16.6. The Bertz CT molecular complexity index is 490. The van der Waals surface area contributed by atoms with Crippen molar-refractivity contribution in [3.05, 3.63) is 35.9 Å². The summed E-state index contributed by atoms with van der Waals surface area (Å²) in [4.78, 5) is 25.8. The molecule has 1 fully saturated rings. The fourth-order valence-electron chi connectivity index (χ4n) is 2.56. The van der Waals surface area contributed by atoms with Crippen LogP contribution >= 0.6 is 0 Å². The van der Waals surface area contributed by atoms with Crippen molar-refractivity contribution in [1.29, 1.82) is 0 Å². The Balaban J connectivity index is 1.81. The maximum absolute atomic E-state index is 12.1. The van der Waals surface area contributed by atoms with Crippen molar-refractivity contribution in [3.8, 4) is 0 Å². The van der Waals surface area contributed by atoms with Gasteiger partial charge in [0.2, 0.25) is 5.91 Å². The second-order valence-corrected chi connectivity index (χ2v) is 5.62. The van der Waals surface area contributed by atoms with Crippen molar-refractivity contribution in [2.24, 2.45) is 5.92 Å². The predicted octanol–water partition coefficient (Wildman–Crippen LogP) is 2.56. The smallest absolute Gasteiger partial charge is 0.410 e. The number of nitrogens with one attached hydrogen (secondary N) is 1. The van der Waals surface area contributed by atoms with Gasteiger partial charge in [-0.2, -0.15) is 0 Å². The van der Waals surface area contributed by atoms with Gasteiger partial charge in [0, 0.05) is 19.6 Å². The highest BCUT2D eigenvalue weighted by Crippen LogP contribution is 2.18. The van der Waals surface area contributed by atoms with Crippen molar-refractivity contribution in [2.75, 3.05) is 19.6 Å². The Labute approximate surface area is 131 Å². The molecule has 1 aromatic carbocycles. The minimum atomic E-state index is -0.336. The van der Waals surface area contributed by atoms with Crippen LogP contribution < -0.4 is 5.32 Å². The number of carbonyl (C=O) groups excluding carboxylic acids is 2. The van der Waals surface area contributed by atoms with E-state index in [-0.39, 0.29) is 24.5 Å². The van der Waals surface area contributed by atoms with E-state index in [9.17, 15) is 9.59 Å². The van der Waals surface area contributed by atoms with E-state index >= 15 is 0 Å². The molecule has 1 aromatic rings. The summed E-state index contributed by atoms with van der Waals surface area (Å²) in [6.45, 7) is 4.08. The monoisotopic (exact) mass is 304 g/mol. The molecule has 0 bridgehead atoms. The van der Waals surface area contributed by atoms with Gasteiger partial charge < -0.3 is 15.0 Å². The molecule has 0 saturated carbocycles. The van der Waals surface area contributed by atoms with Crippen LogP contribution in [0.25, 0.3) is 0 Å². The van der Waals surface area contributed by atoms with E-state index in [1.54, 1.807) is 4.90 Å². The normalized spacial score (nSPS) is 17.9. The molecule has 2 amide bonds. The van der Waals surface area contributed by atoms with E-state index in [1.165, 1.54) is 0 Å². The fourth-order valence-corrected chi connectivity index (χ4v) is 2.56. The number of ether oxygens (including phenoxy) is 1. The molecule has 1 unspecified atom stereocenters. The van der Waals surface area contributed by atoms with Gasteiger partial charge in [-0.05, 0) is 24.8 Å². The number of rotatable bonds is 5. The zero-order valence-electron chi connectivity index (χ0n) is 13.1. The molecule has 1 N–H and O–H groups in total. The van der Waals surface area contributed by atoms with Gasteiger partial charge in [-0.25, -0.2) is 4.79 Å². The summed E-state index contributed by atoms with van der Waals surface area (Å²) in [5.74, 6) is -0.0769. The second kappa shape index (κ2) is 8.41. The third-order valence-corrected chi connectivity index (χ3v) is 3.80. The molecule has 1 heterocycles. The fraction of sp³-hybridized carbons (Fsp3) is 0.529. The van der Waals surface area contributed by atoms with Crippen molar-refractivity contribution < 1.29 is 14.3 Å². The third-order valence-electron chi connectivity index (χ3n) is 3.80. The number of benzene rings is 1. The lowest BCUT2D eigenvalue weighted by atomic mass is 9.97. The Kier molecular flexibility index (Phi) is 6.25. The molecule has 1 atom stereocenters. The molecular weight excluding hydrogens is 280 g/mol. The molecule has 0 spiro atoms. The van der Waals surface area contributed by atoms with Gasteiger partial charge in [0.1, 0.15) is 6.61 Å². The maximum atomic E-state index is 12.1. The summed E-state index contributed by atoms with van der Waals surface area (Å²) in [7, 11) is 0. The van der Waals surface area contributed by atoms with E-state index in [2.05, 4.69) is 5.32 Å². The summed E-state index contributed by atoms with van der Waals surface area (Å²) < 4.78 is 5.33. The molecule has 5 heteroatoms. The van der Waals surface area contributed by atoms with Crippen LogP contribution in [0.4, 0.5) is 4.79 Å². The molecule has 22 heavy (non-hydrogen) atoms. The summed E-state index contributed by atoms with van der Waals surface area (Å²) in [5, 5.41) is 2.90. The largest absolute Gasteiger partial charge is 0.445 e. The number of nitrogens with zero attached hydrogens (tertiary/aromatic N) is 1. The van der Waals surface area contributed by atoms with Crippen LogP contribution in [0, 0.1) is 5.92 Å². The van der Waals surface area contributed by atoms with E-state index in [0.717, 1.165) is 24.8 Å². The predicted molar refractivity (Wildman–Crippen MR) is 84.2 cm³/mol. The Morgan fingerprint density at radius 2 is 2.09 bits per heavy atom. The van der Waals surface area contributed by atoms with Crippen molar-refractivity contribution >= 4 is 12.0 Å². The first kappa shape index (κ1) is 16.3. The first-order valence-electron chi connectivity index (χ1n) is 7.94. The highest BCUT2D eigenvalue weighted by Gasteiger charge is 2.28. The zero-order chi connectivity index (χ0) is 15.8. The Hall–Kier alpha value is -2.04. The van der Waals surface area contributed by atoms with Crippen molar-refractivity contribution in [1.82, 2.24) is 10.2 Å². The number of carbonyl (C=O) groups is 2. The van der Waals surface area contributed by atoms with E-state index in [4.69, 9.17) is 4.74 Å². The van der Waals surface area contributed by atoms with Gasteiger partial charge in [-0.15, -0.1) is 0 Å². The first-order valence-corrected chi connectivity index (χ1v) is 7.94. The summed E-state index contributed by atoms with van der Waals surface area (Å²) >= 11 is 0. The van der Waals surface area contributed by atoms with Crippen LogP contribution in [-0.2, 0) is 16.1 Å². The van der Waals surface area contributed by atoms with Crippen LogP contribution in [0.15, 0.2) is 30.3 Å². The van der Waals surface area contributed by atoms with Gasteiger partial charge in [-0.3, -0.25) is 4.79 Å². The minimum Gasteiger partial charge on any atom is -0.445 e. The minimum absolute atomic E-state index is 0.0439. The summed E-state index contributed by atoms with van der Waals surface area (Å²) in [6.07, 6.45) is 2.25. The summed E-state index contributed by atoms with van der Waals surface area (Å²) in [6, 6.07) is 9.60. The first-order chi connectivity index (χ1) is 10.7. The Morgan fingerprint density at radius 1 is 1.32 bits per heavy atom. The van der Waals surface area contributed by atoms with Crippen molar-refractivity contribution in [2.45, 2.75) is 32.8 Å².